The van der Waals surface area contributed by atoms with Gasteiger partial charge >= 0.3 is 0 Å². The van der Waals surface area contributed by atoms with E-state index < -0.39 is 0 Å². The van der Waals surface area contributed by atoms with Gasteiger partial charge in [0, 0.05) is 145 Å². The smallest absolute Gasteiger partial charge is 0.213 e. The van der Waals surface area contributed by atoms with E-state index in [4.69, 9.17) is 17.7 Å². The van der Waals surface area contributed by atoms with E-state index in [9.17, 15) is 0 Å². The maximum Gasteiger partial charge on any atom is 0.213 e. The van der Waals surface area contributed by atoms with E-state index in [1.165, 1.54) is 144 Å². The van der Waals surface area contributed by atoms with Gasteiger partial charge in [0.05, 0.1) is 39.2 Å². The lowest BCUT2D eigenvalue weighted by Crippen LogP contribution is -2.23. The third-order valence-electron chi connectivity index (χ3n) is 31.9. The third-order valence-corrected chi connectivity index (χ3v) is 31.9. The lowest BCUT2D eigenvalue weighted by molar-refractivity contribution is 0.586. The van der Waals surface area contributed by atoms with Crippen molar-refractivity contribution in [1.82, 2.24) is 8.80 Å². The van der Waals surface area contributed by atoms with Gasteiger partial charge < -0.3 is 41.7 Å². The van der Waals surface area contributed by atoms with E-state index in [1.807, 2.05) is 0 Å². The van der Waals surface area contributed by atoms with Crippen molar-refractivity contribution >= 4 is 210 Å². The topological polar surface area (TPSA) is 74.3 Å². The number of para-hydroxylation sites is 8. The number of benzene rings is 18. The molecule has 10 heteroatoms. The highest BCUT2D eigenvalue weighted by molar-refractivity contribution is 6.27. The summed E-state index contributed by atoms with van der Waals surface area (Å²) in [5.74, 6) is 0. The fraction of sp³-hybridized carbons (Fsp3) is 0.176. The minimum absolute atomic E-state index is 0.0708. The molecule has 0 saturated carbocycles. The van der Waals surface area contributed by atoms with Crippen LogP contribution in [0.4, 0.5) is 68.2 Å². The minimum Gasteiger partial charge on any atom is -0.454 e. The van der Waals surface area contributed by atoms with Crippen molar-refractivity contribution in [2.45, 2.75) is 157 Å². The Morgan fingerprint density at radius 3 is 1.10 bits per heavy atom. The van der Waals surface area contributed by atoms with E-state index in [0.29, 0.717) is 0 Å². The lowest BCUT2D eigenvalue weighted by atomic mass is 9.81. The molecule has 0 aliphatic heterocycles. The van der Waals surface area contributed by atoms with Crippen LogP contribution in [0.1, 0.15) is 167 Å². The number of rotatable bonds is 12. The van der Waals surface area contributed by atoms with Gasteiger partial charge in [-0.1, -0.05) is 334 Å². The van der Waals surface area contributed by atoms with Gasteiger partial charge in [-0.25, -0.2) is 0 Å². The van der Waals surface area contributed by atoms with E-state index >= 15 is 0 Å². The zero-order chi connectivity index (χ0) is 99.7. The first-order valence-corrected chi connectivity index (χ1v) is 51.5. The van der Waals surface area contributed by atoms with Crippen LogP contribution in [0.15, 0.2) is 382 Å². The van der Waals surface area contributed by atoms with Gasteiger partial charge in [0.15, 0.2) is 16.7 Å². The number of hydrogen-bond acceptors (Lipinski definition) is 8. The van der Waals surface area contributed by atoms with Crippen LogP contribution in [0.25, 0.3) is 165 Å². The molecule has 2 aliphatic carbocycles. The molecule has 0 N–H and O–H groups in total. The number of aryl methyl sites for hydroxylation is 2. The van der Waals surface area contributed by atoms with Crippen LogP contribution in [0.3, 0.4) is 0 Å². The number of furan rings is 4. The van der Waals surface area contributed by atoms with Crippen molar-refractivity contribution < 1.29 is 17.7 Å². The molecular weight excluding hydrogens is 1780 g/mol. The normalized spacial score (nSPS) is 13.7. The average Bonchev–Trinajstić information content (AvgIpc) is 1.50. The Balaban J connectivity index is 0.000000146. The molecule has 0 bridgehead atoms. The average molecular weight is 1900 g/mol. The molecule has 28 rings (SSSR count). The van der Waals surface area contributed by atoms with E-state index in [0.717, 1.165) is 144 Å². The predicted molar refractivity (Wildman–Crippen MR) is 614 cm³/mol. The van der Waals surface area contributed by atoms with E-state index in [2.05, 4.69) is 517 Å². The van der Waals surface area contributed by atoms with Crippen LogP contribution >= 0.6 is 0 Å². The molecule has 2 aliphatic rings. The van der Waals surface area contributed by atoms with Crippen molar-refractivity contribution in [2.24, 2.45) is 0 Å². The van der Waals surface area contributed by atoms with Crippen molar-refractivity contribution in [1.29, 1.82) is 0 Å². The molecule has 0 radical (unpaired) electrons. The first-order valence-electron chi connectivity index (χ1n) is 51.5. The van der Waals surface area contributed by atoms with Crippen LogP contribution in [-0.4, -0.2) is 8.80 Å². The summed E-state index contributed by atoms with van der Waals surface area (Å²) in [6.45, 7) is 41.7. The first kappa shape index (κ1) is 88.4. The molecule has 10 nitrogen and oxygen atoms in total. The summed E-state index contributed by atoms with van der Waals surface area (Å²) in [5.41, 5.74) is 40.5. The minimum atomic E-state index is -0.356. The van der Waals surface area contributed by atoms with Gasteiger partial charge in [-0.05, 0) is 241 Å². The molecule has 8 heterocycles. The summed E-state index contributed by atoms with van der Waals surface area (Å²) in [6, 6.07) is 134. The summed E-state index contributed by atoms with van der Waals surface area (Å²) >= 11 is 0. The molecule has 0 spiro atoms. The second-order valence-electron chi connectivity index (χ2n) is 46.1. The summed E-state index contributed by atoms with van der Waals surface area (Å²) in [5, 5.41) is 17.3. The molecule has 0 fully saturated rings. The molecule has 0 atom stereocenters. The SMILES string of the molecule is CC(C)(C)c1ccccc1N(c1ccc2c(c1)C(C)(C)c1c-2c2cccc3c4c5ccc(N(c6ccccc6C(C)(C)C)c6ccccc6C(C)(C)C)cc5oc4n1c23)c1ccccc1C(C)(C)C.Cc1ccc(N(c2ccc3c(c2)C(C)(C)c2c-3n3c4c2cccc4c2oc4cc(N(c5ccc(C)cc5)c5cccc6c5oc5cc7ccccc7cc56)ccc4c23)c2cccc3c2oc2cc4ccccc4cc23)cc1. The van der Waals surface area contributed by atoms with Crippen LogP contribution in [0, 0.1) is 13.8 Å². The number of fused-ring (bicyclic) bond motifs is 28. The Morgan fingerprint density at radius 1 is 0.247 bits per heavy atom. The zero-order valence-corrected chi connectivity index (χ0v) is 86.0. The van der Waals surface area contributed by atoms with Crippen LogP contribution in [0.5, 0.6) is 0 Å². The van der Waals surface area contributed by atoms with Gasteiger partial charge in [-0.3, -0.25) is 4.40 Å². The Hall–Kier alpha value is -16.6. The molecule has 18 aromatic carbocycles. The molecule has 0 saturated heterocycles. The van der Waals surface area contributed by atoms with Crippen molar-refractivity contribution in [3.8, 4) is 22.4 Å². The highest BCUT2D eigenvalue weighted by atomic mass is 16.3. The summed E-state index contributed by atoms with van der Waals surface area (Å²) in [6.07, 6.45) is 0. The Kier molecular flexibility index (Phi) is 19.1. The zero-order valence-electron chi connectivity index (χ0n) is 86.0. The fourth-order valence-electron chi connectivity index (χ4n) is 25.1. The largest absolute Gasteiger partial charge is 0.454 e. The maximum absolute atomic E-state index is 7.31. The molecule has 0 amide bonds. The second-order valence-corrected chi connectivity index (χ2v) is 46.1. The quantitative estimate of drug-likeness (QED) is 0.120. The highest BCUT2D eigenvalue weighted by Crippen LogP contribution is 2.62. The van der Waals surface area contributed by atoms with Gasteiger partial charge in [0.1, 0.15) is 27.8 Å². The van der Waals surface area contributed by atoms with Crippen LogP contribution in [-0.2, 0) is 32.5 Å². The second kappa shape index (κ2) is 31.5. The maximum atomic E-state index is 7.31. The van der Waals surface area contributed by atoms with Crippen molar-refractivity contribution in [3.05, 3.63) is 420 Å². The molecule has 712 valence electrons. The Labute approximate surface area is 849 Å². The van der Waals surface area contributed by atoms with E-state index in [-0.39, 0.29) is 32.5 Å². The van der Waals surface area contributed by atoms with Gasteiger partial charge in [-0.15, -0.1) is 0 Å². The monoisotopic (exact) mass is 1890 g/mol. The number of aromatic nitrogens is 2. The molecule has 146 heavy (non-hydrogen) atoms. The predicted octanol–water partition coefficient (Wildman–Crippen LogP) is 39.3. The van der Waals surface area contributed by atoms with Crippen LogP contribution in [0.2, 0.25) is 0 Å². The van der Waals surface area contributed by atoms with Gasteiger partial charge in [-0.2, -0.15) is 0 Å². The molecule has 26 aromatic rings. The highest BCUT2D eigenvalue weighted by Gasteiger charge is 2.46. The number of anilines is 12. The van der Waals surface area contributed by atoms with Crippen molar-refractivity contribution in [3.63, 3.8) is 0 Å². The third kappa shape index (κ3) is 13.2. The number of hydrogen-bond donors (Lipinski definition) is 0. The van der Waals surface area contributed by atoms with Crippen LogP contribution < -0.4 is 19.6 Å². The van der Waals surface area contributed by atoms with Crippen molar-refractivity contribution in [2.75, 3.05) is 19.6 Å². The van der Waals surface area contributed by atoms with E-state index in [1.54, 1.807) is 0 Å². The molecule has 0 unspecified atom stereocenters. The van der Waals surface area contributed by atoms with Gasteiger partial charge in [0.2, 0.25) is 5.71 Å². The lowest BCUT2D eigenvalue weighted by Gasteiger charge is -2.36. The Morgan fingerprint density at radius 2 is 0.603 bits per heavy atom. The summed E-state index contributed by atoms with van der Waals surface area (Å²) in [7, 11) is 0. The first-order chi connectivity index (χ1) is 70.3. The molecular formula is C136H114N6O4. The van der Waals surface area contributed by atoms with Gasteiger partial charge in [0.25, 0.3) is 0 Å². The summed E-state index contributed by atoms with van der Waals surface area (Å²) in [4.78, 5) is 9.68. The molecule has 8 aromatic heterocycles. The standard InChI is InChI=1S/C71H47N3O3.C65H67N3O/c1-40-22-26-46(27-23-40)72(59-20-10-16-50-56-34-42-12-5-7-14-44(42)36-61(56)75-68(50)59)48-30-32-52-58(38-48)71(3,4)64-54-18-9-19-55-65(54)74(66(52)64)67-53-33-31-49(39-63(53)77-70(55)67)73(47-28-24-41(2)25-29-47)60-21-11-17-51-57-35-43-13-6-8-15-45(43)37-62(57)76-69(51)60;1-61(2,3)46-26-15-19-30-51(46)66(52-31-20-16-27-47(52)62(4,5)6)40-34-36-42-50(38-40)65(13,14)59-56(42)44-24-23-25-45-57-43-37-35-41(39-55(43)69-60(57)68(59)58(44)45)67(53-32-21-17-28-48(53)63(7,8)9)54-33-22-18-29-49(54)64(10,11)12/h5-39H,1-4H3;15-39H,1-14H3. The Bertz CT molecular complexity index is 9810. The number of nitrogens with zero attached hydrogens (tertiary/aromatic N) is 6. The fourth-order valence-corrected chi connectivity index (χ4v) is 25.1. The summed E-state index contributed by atoms with van der Waals surface area (Å²) < 4.78 is 33.2.